The minimum Gasteiger partial charge on any atom is -0.370 e. The predicted octanol–water partition coefficient (Wildman–Crippen LogP) is -0.00950. The van der Waals surface area contributed by atoms with Gasteiger partial charge in [-0.2, -0.15) is 0 Å². The number of amides is 2. The molecule has 1 aromatic carbocycles. The van der Waals surface area contributed by atoms with E-state index in [4.69, 9.17) is 11.5 Å². The maximum absolute atomic E-state index is 11.8. The Morgan fingerprint density at radius 3 is 2.47 bits per heavy atom. The average Bonchev–Trinajstić information content (AvgIpc) is 2.35. The van der Waals surface area contributed by atoms with Gasteiger partial charge in [0.15, 0.2) is 0 Å². The van der Waals surface area contributed by atoms with Gasteiger partial charge < -0.3 is 16.8 Å². The lowest BCUT2D eigenvalue weighted by molar-refractivity contribution is -0.118. The van der Waals surface area contributed by atoms with Gasteiger partial charge in [0, 0.05) is 23.6 Å². The number of nitrogens with two attached hydrogens (primary N) is 2. The van der Waals surface area contributed by atoms with Gasteiger partial charge in [-0.05, 0) is 31.2 Å². The third-order valence-electron chi connectivity index (χ3n) is 2.37. The third kappa shape index (κ3) is 5.23. The predicted molar refractivity (Wildman–Crippen MR) is 73.1 cm³/mol. The summed E-state index contributed by atoms with van der Waals surface area (Å²) < 4.78 is 0. The number of hydrogen-bond donors (Lipinski definition) is 3. The number of hydrogen-bond acceptors (Lipinski definition) is 3. The summed E-state index contributed by atoms with van der Waals surface area (Å²) in [7, 11) is 0. The number of carbonyl (C=O) groups excluding carboxylic acids is 2. The molecule has 1 rings (SSSR count). The fraction of sp³-hybridized carbons (Fsp3) is 0.286. The fourth-order valence-corrected chi connectivity index (χ4v) is 1.52. The Labute approximate surface area is 112 Å². The van der Waals surface area contributed by atoms with Crippen LogP contribution in [0.25, 0.3) is 0 Å². The Morgan fingerprint density at radius 2 is 1.95 bits per heavy atom. The van der Waals surface area contributed by atoms with Gasteiger partial charge in [0.2, 0.25) is 5.91 Å². The van der Waals surface area contributed by atoms with Crippen molar-refractivity contribution >= 4 is 11.8 Å². The maximum Gasteiger partial charge on any atom is 0.251 e. The van der Waals surface area contributed by atoms with Crippen molar-refractivity contribution in [2.24, 2.45) is 11.5 Å². The first kappa shape index (κ1) is 14.7. The second-order valence-corrected chi connectivity index (χ2v) is 4.13. The van der Waals surface area contributed by atoms with E-state index in [0.717, 1.165) is 5.56 Å². The van der Waals surface area contributed by atoms with Crippen LogP contribution in [-0.4, -0.2) is 24.4 Å². The standard InChI is InChI=1S/C14H17N3O2/c1-10(9-13(16)18)17-14(19)12-6-4-11(5-7-12)3-2-8-15/h4-7,10H,8-9,15H2,1H3,(H2,16,18)(H,17,19). The van der Waals surface area contributed by atoms with Gasteiger partial charge in [-0.3, -0.25) is 9.59 Å². The summed E-state index contributed by atoms with van der Waals surface area (Å²) in [5.74, 6) is 4.91. The van der Waals surface area contributed by atoms with Crippen LogP contribution >= 0.6 is 0 Å². The zero-order chi connectivity index (χ0) is 14.3. The molecule has 1 atom stereocenters. The molecule has 19 heavy (non-hydrogen) atoms. The van der Waals surface area contributed by atoms with Crippen LogP contribution in [0, 0.1) is 11.8 Å². The first-order valence-corrected chi connectivity index (χ1v) is 5.91. The number of benzene rings is 1. The molecule has 100 valence electrons. The summed E-state index contributed by atoms with van der Waals surface area (Å²) in [6.07, 6.45) is 0.117. The van der Waals surface area contributed by atoms with Gasteiger partial charge in [0.25, 0.3) is 5.91 Å². The number of nitrogens with one attached hydrogen (secondary N) is 1. The molecule has 0 bridgehead atoms. The van der Waals surface area contributed by atoms with Crippen molar-refractivity contribution in [1.29, 1.82) is 0 Å². The zero-order valence-corrected chi connectivity index (χ0v) is 10.8. The lowest BCUT2D eigenvalue weighted by Gasteiger charge is -2.11. The second kappa shape index (κ2) is 7.19. The Hall–Kier alpha value is -2.32. The summed E-state index contributed by atoms with van der Waals surface area (Å²) in [5, 5.41) is 2.69. The first-order chi connectivity index (χ1) is 9.02. The van der Waals surface area contributed by atoms with E-state index < -0.39 is 5.91 Å². The quantitative estimate of drug-likeness (QED) is 0.663. The van der Waals surface area contributed by atoms with Gasteiger partial charge in [-0.25, -0.2) is 0 Å². The first-order valence-electron chi connectivity index (χ1n) is 5.91. The molecule has 0 heterocycles. The van der Waals surface area contributed by atoms with Crippen LogP contribution in [0.3, 0.4) is 0 Å². The van der Waals surface area contributed by atoms with E-state index in [1.54, 1.807) is 31.2 Å². The van der Waals surface area contributed by atoms with Crippen LogP contribution in [0.1, 0.15) is 29.3 Å². The van der Waals surface area contributed by atoms with Crippen LogP contribution in [0.15, 0.2) is 24.3 Å². The number of primary amides is 1. The van der Waals surface area contributed by atoms with Gasteiger partial charge >= 0.3 is 0 Å². The van der Waals surface area contributed by atoms with Crippen LogP contribution in [0.2, 0.25) is 0 Å². The highest BCUT2D eigenvalue weighted by Crippen LogP contribution is 2.04. The van der Waals surface area contributed by atoms with E-state index in [-0.39, 0.29) is 18.4 Å². The molecule has 1 aromatic rings. The zero-order valence-electron chi connectivity index (χ0n) is 10.8. The van der Waals surface area contributed by atoms with Crippen molar-refractivity contribution in [1.82, 2.24) is 5.32 Å². The van der Waals surface area contributed by atoms with E-state index in [2.05, 4.69) is 17.2 Å². The summed E-state index contributed by atoms with van der Waals surface area (Å²) in [6.45, 7) is 2.02. The summed E-state index contributed by atoms with van der Waals surface area (Å²) in [6, 6.07) is 6.55. The van der Waals surface area contributed by atoms with Crippen molar-refractivity contribution in [3.05, 3.63) is 35.4 Å². The summed E-state index contributed by atoms with van der Waals surface area (Å²) >= 11 is 0. The normalized spacial score (nSPS) is 11.1. The van der Waals surface area contributed by atoms with Gasteiger partial charge in [-0.1, -0.05) is 11.8 Å². The largest absolute Gasteiger partial charge is 0.370 e. The Kier molecular flexibility index (Phi) is 5.58. The molecule has 0 fully saturated rings. The molecule has 2 amide bonds. The highest BCUT2D eigenvalue weighted by molar-refractivity contribution is 5.94. The van der Waals surface area contributed by atoms with Crippen LogP contribution in [-0.2, 0) is 4.79 Å². The molecule has 0 aliphatic carbocycles. The summed E-state index contributed by atoms with van der Waals surface area (Å²) in [4.78, 5) is 22.6. The number of rotatable bonds is 4. The molecule has 5 nitrogen and oxygen atoms in total. The van der Waals surface area contributed by atoms with Crippen LogP contribution in [0.4, 0.5) is 0 Å². The molecule has 5 heteroatoms. The highest BCUT2D eigenvalue weighted by Gasteiger charge is 2.11. The van der Waals surface area contributed by atoms with Crippen LogP contribution in [0.5, 0.6) is 0 Å². The highest BCUT2D eigenvalue weighted by atomic mass is 16.2. The monoisotopic (exact) mass is 259 g/mol. The molecule has 1 unspecified atom stereocenters. The number of carbonyl (C=O) groups is 2. The summed E-state index contributed by atoms with van der Waals surface area (Å²) in [5.41, 5.74) is 11.6. The molecular weight excluding hydrogens is 242 g/mol. The topological polar surface area (TPSA) is 98.2 Å². The Bertz CT molecular complexity index is 512. The fourth-order valence-electron chi connectivity index (χ4n) is 1.52. The molecule has 0 aliphatic rings. The molecule has 0 aliphatic heterocycles. The van der Waals surface area contributed by atoms with E-state index in [1.165, 1.54) is 0 Å². The second-order valence-electron chi connectivity index (χ2n) is 4.13. The smallest absolute Gasteiger partial charge is 0.251 e. The maximum atomic E-state index is 11.8. The van der Waals surface area contributed by atoms with Crippen molar-refractivity contribution in [2.75, 3.05) is 6.54 Å². The SMILES string of the molecule is CC(CC(N)=O)NC(=O)c1ccc(C#CCN)cc1. The Morgan fingerprint density at radius 1 is 1.32 bits per heavy atom. The van der Waals surface area contributed by atoms with E-state index >= 15 is 0 Å². The van der Waals surface area contributed by atoms with E-state index in [0.29, 0.717) is 12.1 Å². The van der Waals surface area contributed by atoms with E-state index in [9.17, 15) is 9.59 Å². The molecule has 0 radical (unpaired) electrons. The van der Waals surface area contributed by atoms with Gasteiger partial charge in [-0.15, -0.1) is 0 Å². The minimum absolute atomic E-state index is 0.117. The van der Waals surface area contributed by atoms with Crippen molar-refractivity contribution < 1.29 is 9.59 Å². The lowest BCUT2D eigenvalue weighted by Crippen LogP contribution is -2.35. The molecular formula is C14H17N3O2. The van der Waals surface area contributed by atoms with E-state index in [1.807, 2.05) is 0 Å². The molecule has 0 saturated carbocycles. The minimum atomic E-state index is -0.444. The molecule has 0 spiro atoms. The molecule has 0 aromatic heterocycles. The average molecular weight is 259 g/mol. The van der Waals surface area contributed by atoms with Crippen molar-refractivity contribution in [3.63, 3.8) is 0 Å². The van der Waals surface area contributed by atoms with Gasteiger partial charge in [0.05, 0.1) is 6.54 Å². The van der Waals surface area contributed by atoms with Crippen LogP contribution < -0.4 is 16.8 Å². The van der Waals surface area contributed by atoms with Crippen molar-refractivity contribution in [2.45, 2.75) is 19.4 Å². The molecule has 5 N–H and O–H groups in total. The molecule has 0 saturated heterocycles. The van der Waals surface area contributed by atoms with Crippen molar-refractivity contribution in [3.8, 4) is 11.8 Å². The lowest BCUT2D eigenvalue weighted by atomic mass is 10.1. The Balaban J connectivity index is 2.65. The third-order valence-corrected chi connectivity index (χ3v) is 2.37. The van der Waals surface area contributed by atoms with Gasteiger partial charge in [0.1, 0.15) is 0 Å².